The second kappa shape index (κ2) is 2.39. The van der Waals surface area contributed by atoms with Crippen molar-refractivity contribution >= 4 is 33.9 Å². The number of fused-ring (bicyclic) bond motifs is 1. The Hall–Kier alpha value is -1.21. The molecule has 7 heteroatoms. The fourth-order valence-electron chi connectivity index (χ4n) is 0.866. The lowest BCUT2D eigenvalue weighted by molar-refractivity contribution is 0.868. The van der Waals surface area contributed by atoms with Crippen LogP contribution in [0.15, 0.2) is 6.33 Å². The van der Waals surface area contributed by atoms with Gasteiger partial charge in [0.25, 0.3) is 0 Å². The van der Waals surface area contributed by atoms with Gasteiger partial charge in [0, 0.05) is 0 Å². The third-order valence-corrected chi connectivity index (χ3v) is 2.65. The normalized spacial score (nSPS) is 10.7. The molecule has 0 aromatic carbocycles. The van der Waals surface area contributed by atoms with Crippen LogP contribution in [0.1, 0.15) is 0 Å². The van der Waals surface area contributed by atoms with Crippen LogP contribution in [-0.4, -0.2) is 14.6 Å². The number of aromatic nitrogens is 3. The quantitative estimate of drug-likeness (QED) is 0.423. The zero-order chi connectivity index (χ0) is 8.72. The van der Waals surface area contributed by atoms with Gasteiger partial charge in [-0.2, -0.15) is 0 Å². The van der Waals surface area contributed by atoms with Crippen molar-refractivity contribution in [1.82, 2.24) is 14.6 Å². The number of H-pyrrole nitrogens is 1. The van der Waals surface area contributed by atoms with Crippen LogP contribution in [0.2, 0.25) is 0 Å². The second-order valence-electron chi connectivity index (χ2n) is 2.19. The Morgan fingerprint density at radius 1 is 1.75 bits per heavy atom. The lowest BCUT2D eigenvalue weighted by Gasteiger charge is -1.95. The van der Waals surface area contributed by atoms with E-state index in [0.29, 0.717) is 14.3 Å². The van der Waals surface area contributed by atoms with Gasteiger partial charge in [0.1, 0.15) is 11.0 Å². The first-order valence-corrected chi connectivity index (χ1v) is 4.31. The Morgan fingerprint density at radius 2 is 2.50 bits per heavy atom. The largest absolute Gasteiger partial charge is 0.336 e. The van der Waals surface area contributed by atoms with Crippen LogP contribution in [0.25, 0.3) is 10.3 Å². The van der Waals surface area contributed by atoms with Crippen LogP contribution in [0, 0.1) is 9.36 Å². The van der Waals surface area contributed by atoms with E-state index >= 15 is 0 Å². The third kappa shape index (κ3) is 0.942. The maximum atomic E-state index is 7.54. The molecule has 2 heterocycles. The second-order valence-corrected chi connectivity index (χ2v) is 3.88. The summed E-state index contributed by atoms with van der Waals surface area (Å²) >= 11 is 6.21. The molecule has 0 bridgehead atoms. The molecule has 0 saturated heterocycles. The molecule has 4 N–H and O–H groups in total. The molecule has 5 nitrogen and oxygen atoms in total. The molecule has 0 spiro atoms. The van der Waals surface area contributed by atoms with Crippen LogP contribution in [0.3, 0.4) is 0 Å². The van der Waals surface area contributed by atoms with E-state index < -0.39 is 0 Å². The number of nitrogens with zero attached hydrogens (tertiary/aromatic N) is 2. The number of hydrogen-bond donors (Lipinski definition) is 3. The first-order valence-electron chi connectivity index (χ1n) is 3.08. The third-order valence-electron chi connectivity index (χ3n) is 1.41. The Morgan fingerprint density at radius 3 is 3.25 bits per heavy atom. The van der Waals surface area contributed by atoms with Crippen LogP contribution in [-0.2, 0) is 0 Å². The summed E-state index contributed by atoms with van der Waals surface area (Å²) < 4.78 is 2.45. The number of nitrogen functional groups attached to an aromatic ring is 1. The summed E-state index contributed by atoms with van der Waals surface area (Å²) in [5.74, 6) is 5.42. The molecular weight excluding hydrogens is 194 g/mol. The summed E-state index contributed by atoms with van der Waals surface area (Å²) in [5.41, 5.74) is 0.842. The van der Waals surface area contributed by atoms with Crippen molar-refractivity contribution in [3.05, 3.63) is 15.8 Å². The molecule has 0 saturated carbocycles. The summed E-state index contributed by atoms with van der Waals surface area (Å²) in [6, 6.07) is 0. The molecule has 0 aliphatic rings. The summed E-state index contributed by atoms with van der Waals surface area (Å²) in [5, 5.41) is 7.54. The lowest BCUT2D eigenvalue weighted by Crippen LogP contribution is -2.26. The predicted molar refractivity (Wildman–Crippen MR) is 48.8 cm³/mol. The van der Waals surface area contributed by atoms with Crippen molar-refractivity contribution in [2.24, 2.45) is 0 Å². The van der Waals surface area contributed by atoms with E-state index in [-0.39, 0.29) is 5.49 Å². The van der Waals surface area contributed by atoms with Gasteiger partial charge >= 0.3 is 0 Å². The van der Waals surface area contributed by atoms with Gasteiger partial charge < -0.3 is 10.8 Å². The molecule has 12 heavy (non-hydrogen) atoms. The van der Waals surface area contributed by atoms with Crippen molar-refractivity contribution < 1.29 is 0 Å². The smallest absolute Gasteiger partial charge is 0.166 e. The van der Waals surface area contributed by atoms with Gasteiger partial charge in [0.2, 0.25) is 0 Å². The van der Waals surface area contributed by atoms with Gasteiger partial charge in [-0.3, -0.25) is 5.41 Å². The standard InChI is InChI=1S/C5H5N5S2/c6-3-2-4(8-1-10(3)7)9-5(11)12-2/h1,6H,7H2,(H,9,11). The number of rotatable bonds is 0. The number of thiazole rings is 1. The first kappa shape index (κ1) is 7.44. The summed E-state index contributed by atoms with van der Waals surface area (Å²) in [4.78, 5) is 6.83. The molecule has 0 aliphatic carbocycles. The van der Waals surface area contributed by atoms with Crippen LogP contribution in [0.4, 0.5) is 0 Å². The Balaban J connectivity index is 3.10. The highest BCUT2D eigenvalue weighted by Crippen LogP contribution is 2.11. The Kier molecular flexibility index (Phi) is 1.48. The summed E-state index contributed by atoms with van der Waals surface area (Å²) in [6.07, 6.45) is 1.38. The van der Waals surface area contributed by atoms with Crippen molar-refractivity contribution in [3.63, 3.8) is 0 Å². The Bertz CT molecular complexity index is 532. The molecular formula is C5H5N5S2. The van der Waals surface area contributed by atoms with Gasteiger partial charge in [-0.1, -0.05) is 11.3 Å². The molecule has 0 unspecified atom stereocenters. The summed E-state index contributed by atoms with van der Waals surface area (Å²) in [6.45, 7) is 0. The molecule has 0 atom stereocenters. The summed E-state index contributed by atoms with van der Waals surface area (Å²) in [7, 11) is 0. The fraction of sp³-hybridized carbons (Fsp3) is 0. The van der Waals surface area contributed by atoms with Gasteiger partial charge in [0.15, 0.2) is 15.1 Å². The van der Waals surface area contributed by atoms with E-state index in [2.05, 4.69) is 9.97 Å². The number of aromatic amines is 1. The maximum absolute atomic E-state index is 7.54. The monoisotopic (exact) mass is 199 g/mol. The average Bonchev–Trinajstić information content (AvgIpc) is 2.39. The molecule has 0 amide bonds. The van der Waals surface area contributed by atoms with E-state index in [4.69, 9.17) is 23.5 Å². The first-order chi connectivity index (χ1) is 5.68. The van der Waals surface area contributed by atoms with Crippen LogP contribution >= 0.6 is 23.6 Å². The molecule has 2 aromatic rings. The van der Waals surface area contributed by atoms with E-state index in [1.54, 1.807) is 0 Å². The number of nitrogens with two attached hydrogens (primary N) is 1. The van der Waals surface area contributed by atoms with Crippen LogP contribution < -0.4 is 11.3 Å². The average molecular weight is 199 g/mol. The lowest BCUT2D eigenvalue weighted by atomic mass is 10.6. The topological polar surface area (TPSA) is 83.5 Å². The highest BCUT2D eigenvalue weighted by Gasteiger charge is 2.01. The van der Waals surface area contributed by atoms with Crippen molar-refractivity contribution in [2.75, 3.05) is 5.84 Å². The molecule has 2 rings (SSSR count). The van der Waals surface area contributed by atoms with Crippen molar-refractivity contribution in [1.29, 1.82) is 5.41 Å². The van der Waals surface area contributed by atoms with E-state index in [0.717, 1.165) is 4.68 Å². The fourth-order valence-corrected chi connectivity index (χ4v) is 1.95. The SMILES string of the molecule is N=c1c2sc(=S)[nH]c2ncn1N. The van der Waals surface area contributed by atoms with Gasteiger partial charge in [-0.25, -0.2) is 9.66 Å². The Labute approximate surface area is 76.0 Å². The van der Waals surface area contributed by atoms with Crippen molar-refractivity contribution in [3.8, 4) is 0 Å². The minimum Gasteiger partial charge on any atom is -0.336 e. The highest BCUT2D eigenvalue weighted by atomic mass is 32.1. The van der Waals surface area contributed by atoms with E-state index in [1.807, 2.05) is 0 Å². The number of hydrogen-bond acceptors (Lipinski definition) is 5. The predicted octanol–water partition coefficient (Wildman–Crippen LogP) is 0.349. The van der Waals surface area contributed by atoms with Gasteiger partial charge in [-0.15, -0.1) is 0 Å². The molecule has 0 radical (unpaired) electrons. The highest BCUT2D eigenvalue weighted by molar-refractivity contribution is 7.73. The minimum atomic E-state index is 0.220. The molecule has 0 fully saturated rings. The zero-order valence-corrected chi connectivity index (χ0v) is 7.50. The molecule has 62 valence electrons. The van der Waals surface area contributed by atoms with Gasteiger partial charge in [0.05, 0.1) is 0 Å². The molecule has 2 aromatic heterocycles. The van der Waals surface area contributed by atoms with Crippen molar-refractivity contribution in [2.45, 2.75) is 0 Å². The number of nitrogens with one attached hydrogen (secondary N) is 2. The van der Waals surface area contributed by atoms with E-state index in [1.165, 1.54) is 17.7 Å². The van der Waals surface area contributed by atoms with Crippen LogP contribution in [0.5, 0.6) is 0 Å². The maximum Gasteiger partial charge on any atom is 0.166 e. The molecule has 0 aliphatic heterocycles. The van der Waals surface area contributed by atoms with Gasteiger partial charge in [-0.05, 0) is 12.2 Å². The zero-order valence-electron chi connectivity index (χ0n) is 5.87. The minimum absolute atomic E-state index is 0.220. The van der Waals surface area contributed by atoms with E-state index in [9.17, 15) is 0 Å².